The second-order valence-electron chi connectivity index (χ2n) is 5.16. The van der Waals surface area contributed by atoms with Gasteiger partial charge in [-0.05, 0) is 0 Å². The summed E-state index contributed by atoms with van der Waals surface area (Å²) in [6.45, 7) is 0.226. The van der Waals surface area contributed by atoms with Gasteiger partial charge in [-0.3, -0.25) is 9.59 Å². The first-order chi connectivity index (χ1) is 12.6. The van der Waals surface area contributed by atoms with Crippen LogP contribution in [0.1, 0.15) is 0 Å². The van der Waals surface area contributed by atoms with Crippen LogP contribution in [0, 0.1) is 10.4 Å². The minimum absolute atomic E-state index is 0.113. The second-order valence-corrected chi connectivity index (χ2v) is 5.16. The first-order valence-corrected chi connectivity index (χ1v) is 7.84. The van der Waals surface area contributed by atoms with E-state index in [0.29, 0.717) is 20.9 Å². The first-order valence-electron chi connectivity index (χ1n) is 7.84. The molecule has 0 bridgehead atoms. The number of benzene rings is 2. The lowest BCUT2D eigenvalue weighted by Crippen LogP contribution is -2.36. The fraction of sp³-hybridized carbons (Fsp3) is 0.111. The Morgan fingerprint density at radius 3 is 1.42 bits per heavy atom. The maximum absolute atomic E-state index is 11.7. The highest BCUT2D eigenvalue weighted by atomic mass is 16.5. The van der Waals surface area contributed by atoms with Crippen molar-refractivity contribution >= 4 is 35.6 Å². The van der Waals surface area contributed by atoms with E-state index in [0.717, 1.165) is 12.4 Å². The van der Waals surface area contributed by atoms with Gasteiger partial charge in [0.1, 0.15) is 0 Å². The Hall–Kier alpha value is -3.68. The summed E-state index contributed by atoms with van der Waals surface area (Å²) >= 11 is 0. The zero-order valence-electron chi connectivity index (χ0n) is 13.9. The third-order valence-corrected chi connectivity index (χ3v) is 3.21. The molecule has 8 heteroatoms. The Morgan fingerprint density at radius 1 is 0.731 bits per heavy atom. The Labute approximate surface area is 150 Å². The summed E-state index contributed by atoms with van der Waals surface area (Å²) in [5.74, 6) is -1.17. The maximum atomic E-state index is 11.7. The molecule has 134 valence electrons. The summed E-state index contributed by atoms with van der Waals surface area (Å²) in [7, 11) is 0. The predicted molar refractivity (Wildman–Crippen MR) is 97.6 cm³/mol. The standard InChI is InChI=1S/C18H18N4O4/c23-17(13-21(25)15-7-3-1-4-8-15)19-11-12-20-18(24)14-22(26)16-9-5-2-6-10-16/h1-10,13-14H,11-12H2,(H,19,23)(H,20,24)/b21-13-,22-14-. The van der Waals surface area contributed by atoms with E-state index >= 15 is 0 Å². The van der Waals surface area contributed by atoms with Crippen molar-refractivity contribution in [3.05, 3.63) is 71.1 Å². The fourth-order valence-corrected chi connectivity index (χ4v) is 1.97. The molecule has 0 atom stereocenters. The van der Waals surface area contributed by atoms with Crippen LogP contribution in [0.5, 0.6) is 0 Å². The molecule has 26 heavy (non-hydrogen) atoms. The molecular weight excluding hydrogens is 336 g/mol. The zero-order valence-corrected chi connectivity index (χ0v) is 13.9. The average molecular weight is 354 g/mol. The van der Waals surface area contributed by atoms with E-state index in [2.05, 4.69) is 10.6 Å². The summed E-state index contributed by atoms with van der Waals surface area (Å²) in [6.07, 6.45) is 1.75. The van der Waals surface area contributed by atoms with Crippen molar-refractivity contribution in [2.75, 3.05) is 13.1 Å². The summed E-state index contributed by atoms with van der Waals surface area (Å²) in [6, 6.07) is 16.6. The maximum Gasteiger partial charge on any atom is 0.309 e. The molecule has 0 aromatic heterocycles. The van der Waals surface area contributed by atoms with E-state index in [4.69, 9.17) is 0 Å². The van der Waals surface area contributed by atoms with E-state index in [1.165, 1.54) is 0 Å². The van der Waals surface area contributed by atoms with E-state index in [9.17, 15) is 20.0 Å². The van der Waals surface area contributed by atoms with Crippen molar-refractivity contribution < 1.29 is 19.1 Å². The number of para-hydroxylation sites is 2. The largest absolute Gasteiger partial charge is 0.618 e. The quantitative estimate of drug-likeness (QED) is 0.254. The van der Waals surface area contributed by atoms with Crippen molar-refractivity contribution in [2.24, 2.45) is 0 Å². The van der Waals surface area contributed by atoms with Gasteiger partial charge in [-0.15, -0.1) is 0 Å². The molecule has 0 radical (unpaired) electrons. The van der Waals surface area contributed by atoms with E-state index in [1.807, 2.05) is 0 Å². The fourth-order valence-electron chi connectivity index (χ4n) is 1.97. The molecule has 0 aliphatic carbocycles. The van der Waals surface area contributed by atoms with Gasteiger partial charge in [-0.1, -0.05) is 36.4 Å². The molecule has 0 saturated carbocycles. The number of hydrogen-bond acceptors (Lipinski definition) is 4. The number of rotatable bonds is 7. The van der Waals surface area contributed by atoms with Crippen LogP contribution in [-0.4, -0.2) is 46.8 Å². The van der Waals surface area contributed by atoms with Crippen molar-refractivity contribution in [1.82, 2.24) is 10.6 Å². The molecular formula is C18H18N4O4. The number of carbonyl (C=O) groups is 2. The highest BCUT2D eigenvalue weighted by Crippen LogP contribution is 2.08. The molecule has 0 aliphatic heterocycles. The monoisotopic (exact) mass is 354 g/mol. The van der Waals surface area contributed by atoms with Gasteiger partial charge in [0.2, 0.25) is 23.8 Å². The van der Waals surface area contributed by atoms with Gasteiger partial charge >= 0.3 is 11.8 Å². The highest BCUT2D eigenvalue weighted by Gasteiger charge is 2.07. The van der Waals surface area contributed by atoms with Crippen molar-refractivity contribution in [3.63, 3.8) is 0 Å². The molecule has 0 unspecified atom stereocenters. The topological polar surface area (TPSA) is 110 Å². The third-order valence-electron chi connectivity index (χ3n) is 3.21. The molecule has 0 spiro atoms. The van der Waals surface area contributed by atoms with Crippen molar-refractivity contribution in [3.8, 4) is 0 Å². The molecule has 2 aromatic carbocycles. The van der Waals surface area contributed by atoms with Crippen LogP contribution in [0.15, 0.2) is 60.7 Å². The summed E-state index contributed by atoms with van der Waals surface area (Å²) in [4.78, 5) is 23.3. The number of amides is 2. The van der Waals surface area contributed by atoms with Gasteiger partial charge in [-0.2, -0.15) is 9.48 Å². The molecule has 2 rings (SSSR count). The average Bonchev–Trinajstić information content (AvgIpc) is 2.66. The van der Waals surface area contributed by atoms with Gasteiger partial charge in [0.05, 0.1) is 0 Å². The molecule has 2 N–H and O–H groups in total. The van der Waals surface area contributed by atoms with Gasteiger partial charge in [0, 0.05) is 37.4 Å². The number of carbonyl (C=O) groups excluding carboxylic acids is 2. The molecule has 0 fully saturated rings. The van der Waals surface area contributed by atoms with Crippen molar-refractivity contribution in [1.29, 1.82) is 0 Å². The Balaban J connectivity index is 1.74. The highest BCUT2D eigenvalue weighted by molar-refractivity contribution is 6.25. The minimum atomic E-state index is -0.586. The van der Waals surface area contributed by atoms with Gasteiger partial charge in [-0.25, -0.2) is 0 Å². The minimum Gasteiger partial charge on any atom is -0.618 e. The van der Waals surface area contributed by atoms with Gasteiger partial charge < -0.3 is 21.0 Å². The number of nitrogens with zero attached hydrogens (tertiary/aromatic N) is 2. The first kappa shape index (κ1) is 18.7. The van der Waals surface area contributed by atoms with E-state index in [1.54, 1.807) is 60.7 Å². The van der Waals surface area contributed by atoms with Crippen molar-refractivity contribution in [2.45, 2.75) is 0 Å². The SMILES string of the molecule is O=C(/C=[N+](\[O-])c1ccccc1)NCCNC(=O)/C=[N+](\[O-])c1ccccc1. The van der Waals surface area contributed by atoms with Crippen LogP contribution in [0.4, 0.5) is 11.4 Å². The lowest BCUT2D eigenvalue weighted by molar-refractivity contribution is -0.354. The Morgan fingerprint density at radius 2 is 1.08 bits per heavy atom. The van der Waals surface area contributed by atoms with Crippen LogP contribution >= 0.6 is 0 Å². The Bertz CT molecular complexity index is 735. The third kappa shape index (κ3) is 6.08. The van der Waals surface area contributed by atoms with Gasteiger partial charge in [0.25, 0.3) is 0 Å². The molecule has 0 aliphatic rings. The molecule has 0 saturated heterocycles. The lowest BCUT2D eigenvalue weighted by atomic mass is 10.3. The smallest absolute Gasteiger partial charge is 0.309 e. The number of nitrogens with one attached hydrogen (secondary N) is 2. The predicted octanol–water partition coefficient (Wildman–Crippen LogP) is 1.04. The van der Waals surface area contributed by atoms with Crippen LogP contribution < -0.4 is 10.6 Å². The van der Waals surface area contributed by atoms with Crippen LogP contribution in [0.3, 0.4) is 0 Å². The lowest BCUT2D eigenvalue weighted by Gasteiger charge is -2.05. The zero-order chi connectivity index (χ0) is 18.8. The summed E-state index contributed by atoms with van der Waals surface area (Å²) in [5.41, 5.74) is 0.670. The summed E-state index contributed by atoms with van der Waals surface area (Å²) < 4.78 is 0.910. The Kier molecular flexibility index (Phi) is 6.87. The normalized spacial score (nSPS) is 11.7. The van der Waals surface area contributed by atoms with Crippen LogP contribution in [0.2, 0.25) is 0 Å². The summed E-state index contributed by atoms with van der Waals surface area (Å²) in [5, 5.41) is 28.4. The molecule has 2 aromatic rings. The second kappa shape index (κ2) is 9.58. The van der Waals surface area contributed by atoms with E-state index in [-0.39, 0.29) is 13.1 Å². The van der Waals surface area contributed by atoms with Crippen LogP contribution in [-0.2, 0) is 9.59 Å². The van der Waals surface area contributed by atoms with Gasteiger partial charge in [0.15, 0.2) is 0 Å². The molecule has 0 heterocycles. The van der Waals surface area contributed by atoms with Crippen LogP contribution in [0.25, 0.3) is 0 Å². The van der Waals surface area contributed by atoms with E-state index < -0.39 is 11.8 Å². The molecule has 2 amide bonds. The number of hydrogen-bond donors (Lipinski definition) is 2. The molecule has 8 nitrogen and oxygen atoms in total.